The molecule has 0 heterocycles. The van der Waals surface area contributed by atoms with Gasteiger partial charge in [0.15, 0.2) is 0 Å². The summed E-state index contributed by atoms with van der Waals surface area (Å²) in [5, 5.41) is 0. The average Bonchev–Trinajstić information content (AvgIpc) is 2.47. The van der Waals surface area contributed by atoms with Crippen molar-refractivity contribution in [3.05, 3.63) is 53.6 Å². The lowest BCUT2D eigenvalue weighted by molar-refractivity contribution is 0.637. The lowest BCUT2D eigenvalue weighted by atomic mass is 9.95. The second kappa shape index (κ2) is 3.13. The molecule has 0 N–H and O–H groups in total. The van der Waals surface area contributed by atoms with Crippen LogP contribution in [-0.2, 0) is 0 Å². The molecule has 14 heavy (non-hydrogen) atoms. The van der Waals surface area contributed by atoms with Crippen LogP contribution in [0.2, 0.25) is 0 Å². The Kier molecular flexibility index (Phi) is 2.07. The molecule has 0 amide bonds. The van der Waals surface area contributed by atoms with Gasteiger partial charge in [-0.1, -0.05) is 61.9 Å². The van der Waals surface area contributed by atoms with Gasteiger partial charge in [0.25, 0.3) is 0 Å². The second-order valence-electron chi connectivity index (χ2n) is 4.62. The maximum Gasteiger partial charge on any atom is 0.00169 e. The van der Waals surface area contributed by atoms with Crippen LogP contribution in [-0.4, -0.2) is 0 Å². The zero-order valence-corrected chi connectivity index (χ0v) is 9.04. The zero-order valence-electron chi connectivity index (χ0n) is 9.04. The third kappa shape index (κ3) is 1.79. The van der Waals surface area contributed by atoms with Crippen LogP contribution in [0, 0.1) is 12.3 Å². The molecule has 2 rings (SSSR count). The number of allylic oxidation sites excluding steroid dienone is 4. The molecule has 0 saturated carbocycles. The van der Waals surface area contributed by atoms with Gasteiger partial charge in [-0.15, -0.1) is 0 Å². The van der Waals surface area contributed by atoms with Crippen LogP contribution in [0.1, 0.15) is 25.0 Å². The van der Waals surface area contributed by atoms with Gasteiger partial charge in [-0.2, -0.15) is 0 Å². The molecule has 0 aliphatic heterocycles. The quantitative estimate of drug-likeness (QED) is 0.619. The molecule has 72 valence electrons. The predicted molar refractivity (Wildman–Crippen MR) is 62.1 cm³/mol. The molecule has 1 aliphatic rings. The maximum atomic E-state index is 2.32. The summed E-state index contributed by atoms with van der Waals surface area (Å²) < 4.78 is 0. The van der Waals surface area contributed by atoms with Gasteiger partial charge < -0.3 is 0 Å². The SMILES string of the molecule is Cc1ccc(C2=CC(C)(C)C=C2)cc1. The molecule has 1 aliphatic carbocycles. The van der Waals surface area contributed by atoms with Crippen molar-refractivity contribution in [3.63, 3.8) is 0 Å². The van der Waals surface area contributed by atoms with Crippen LogP contribution in [0.25, 0.3) is 5.57 Å². The summed E-state index contributed by atoms with van der Waals surface area (Å²) in [6, 6.07) is 8.70. The van der Waals surface area contributed by atoms with Crippen LogP contribution in [0.3, 0.4) is 0 Å². The minimum Gasteiger partial charge on any atom is -0.0745 e. The number of benzene rings is 1. The largest absolute Gasteiger partial charge is 0.0745 e. The first-order valence-corrected chi connectivity index (χ1v) is 5.06. The Morgan fingerprint density at radius 3 is 2.14 bits per heavy atom. The summed E-state index contributed by atoms with van der Waals surface area (Å²) in [4.78, 5) is 0. The molecule has 0 spiro atoms. The summed E-state index contributed by atoms with van der Waals surface area (Å²) >= 11 is 0. The Hall–Kier alpha value is -1.30. The van der Waals surface area contributed by atoms with Crippen molar-refractivity contribution in [2.45, 2.75) is 20.8 Å². The summed E-state index contributed by atoms with van der Waals surface area (Å²) in [6.07, 6.45) is 6.78. The fourth-order valence-corrected chi connectivity index (χ4v) is 1.73. The zero-order chi connectivity index (χ0) is 10.2. The van der Waals surface area contributed by atoms with E-state index in [1.807, 2.05) is 0 Å². The highest BCUT2D eigenvalue weighted by atomic mass is 14.2. The lowest BCUT2D eigenvalue weighted by Gasteiger charge is -2.09. The van der Waals surface area contributed by atoms with Crippen LogP contribution in [0.5, 0.6) is 0 Å². The summed E-state index contributed by atoms with van der Waals surface area (Å²) in [5.41, 5.74) is 4.20. The number of aryl methyl sites for hydroxylation is 1. The van der Waals surface area contributed by atoms with Gasteiger partial charge >= 0.3 is 0 Å². The van der Waals surface area contributed by atoms with Crippen molar-refractivity contribution in [1.29, 1.82) is 0 Å². The molecule has 0 unspecified atom stereocenters. The summed E-state index contributed by atoms with van der Waals surface area (Å²) in [5.74, 6) is 0. The van der Waals surface area contributed by atoms with Gasteiger partial charge in [-0.25, -0.2) is 0 Å². The molecule has 1 aromatic rings. The summed E-state index contributed by atoms with van der Waals surface area (Å²) in [6.45, 7) is 6.57. The molecule has 0 radical (unpaired) electrons. The molecule has 0 nitrogen and oxygen atoms in total. The van der Waals surface area contributed by atoms with Gasteiger partial charge in [0.1, 0.15) is 0 Å². The van der Waals surface area contributed by atoms with Gasteiger partial charge in [0.05, 0.1) is 0 Å². The molecule has 0 aromatic heterocycles. The van der Waals surface area contributed by atoms with E-state index in [-0.39, 0.29) is 5.41 Å². The van der Waals surface area contributed by atoms with E-state index < -0.39 is 0 Å². The van der Waals surface area contributed by atoms with Crippen molar-refractivity contribution in [1.82, 2.24) is 0 Å². The van der Waals surface area contributed by atoms with Crippen molar-refractivity contribution in [2.75, 3.05) is 0 Å². The van der Waals surface area contributed by atoms with E-state index in [2.05, 4.69) is 63.3 Å². The van der Waals surface area contributed by atoms with Gasteiger partial charge in [-0.3, -0.25) is 0 Å². The number of hydrogen-bond acceptors (Lipinski definition) is 0. The van der Waals surface area contributed by atoms with Gasteiger partial charge in [-0.05, 0) is 18.1 Å². The van der Waals surface area contributed by atoms with E-state index >= 15 is 0 Å². The van der Waals surface area contributed by atoms with Gasteiger partial charge in [0, 0.05) is 5.41 Å². The first kappa shape index (κ1) is 9.26. The fraction of sp³-hybridized carbons (Fsp3) is 0.286. The van der Waals surface area contributed by atoms with E-state index in [1.165, 1.54) is 16.7 Å². The van der Waals surface area contributed by atoms with E-state index in [0.717, 1.165) is 0 Å². The Balaban J connectivity index is 2.35. The van der Waals surface area contributed by atoms with E-state index in [0.29, 0.717) is 0 Å². The average molecular weight is 184 g/mol. The van der Waals surface area contributed by atoms with Crippen LogP contribution >= 0.6 is 0 Å². The highest BCUT2D eigenvalue weighted by Crippen LogP contribution is 2.33. The highest BCUT2D eigenvalue weighted by molar-refractivity contribution is 5.77. The third-order valence-electron chi connectivity index (χ3n) is 2.60. The smallest absolute Gasteiger partial charge is 0.00169 e. The molecule has 0 fully saturated rings. The summed E-state index contributed by atoms with van der Waals surface area (Å²) in [7, 11) is 0. The predicted octanol–water partition coefficient (Wildman–Crippen LogP) is 3.97. The van der Waals surface area contributed by atoms with Crippen molar-refractivity contribution < 1.29 is 0 Å². The Morgan fingerprint density at radius 2 is 1.64 bits per heavy atom. The monoisotopic (exact) mass is 184 g/mol. The molecular formula is C14H16. The highest BCUT2D eigenvalue weighted by Gasteiger charge is 2.16. The van der Waals surface area contributed by atoms with Crippen molar-refractivity contribution in [2.24, 2.45) is 5.41 Å². The fourth-order valence-electron chi connectivity index (χ4n) is 1.73. The van der Waals surface area contributed by atoms with Crippen LogP contribution < -0.4 is 0 Å². The van der Waals surface area contributed by atoms with Gasteiger partial charge in [0.2, 0.25) is 0 Å². The first-order valence-electron chi connectivity index (χ1n) is 5.06. The number of rotatable bonds is 1. The van der Waals surface area contributed by atoms with E-state index in [4.69, 9.17) is 0 Å². The molecule has 0 heteroatoms. The molecule has 0 saturated heterocycles. The lowest BCUT2D eigenvalue weighted by Crippen LogP contribution is -1.97. The Morgan fingerprint density at radius 1 is 1.00 bits per heavy atom. The van der Waals surface area contributed by atoms with Crippen molar-refractivity contribution >= 4 is 5.57 Å². The van der Waals surface area contributed by atoms with E-state index in [1.54, 1.807) is 0 Å². The molecule has 1 aromatic carbocycles. The molecule has 0 bridgehead atoms. The van der Waals surface area contributed by atoms with Crippen molar-refractivity contribution in [3.8, 4) is 0 Å². The Labute approximate surface area is 86.0 Å². The third-order valence-corrected chi connectivity index (χ3v) is 2.60. The maximum absolute atomic E-state index is 2.32. The normalized spacial score (nSPS) is 18.4. The van der Waals surface area contributed by atoms with E-state index in [9.17, 15) is 0 Å². The molecular weight excluding hydrogens is 168 g/mol. The molecule has 0 atom stereocenters. The van der Waals surface area contributed by atoms with Crippen LogP contribution in [0.4, 0.5) is 0 Å². The second-order valence-corrected chi connectivity index (χ2v) is 4.62. The minimum atomic E-state index is 0.222. The van der Waals surface area contributed by atoms with Crippen LogP contribution in [0.15, 0.2) is 42.5 Å². The minimum absolute atomic E-state index is 0.222. The first-order chi connectivity index (χ1) is 6.57. The topological polar surface area (TPSA) is 0 Å². The Bertz CT molecular complexity index is 389. The number of hydrogen-bond donors (Lipinski definition) is 0. The standard InChI is InChI=1S/C14H16/c1-11-4-6-12(7-5-11)13-8-9-14(2,3)10-13/h4-10H,1-3H3.